The summed E-state index contributed by atoms with van der Waals surface area (Å²) in [5.41, 5.74) is 3.06. The van der Waals surface area contributed by atoms with E-state index in [1.165, 1.54) is 12.1 Å². The molecule has 0 radical (unpaired) electrons. The van der Waals surface area contributed by atoms with Crippen LogP contribution in [0.1, 0.15) is 57.4 Å². The van der Waals surface area contributed by atoms with Crippen LogP contribution >= 0.6 is 0 Å². The van der Waals surface area contributed by atoms with Gasteiger partial charge in [0.2, 0.25) is 5.88 Å². The number of aryl methyl sites for hydroxylation is 3. The van der Waals surface area contributed by atoms with Crippen LogP contribution in [0.3, 0.4) is 0 Å². The fourth-order valence-electron chi connectivity index (χ4n) is 3.22. The minimum absolute atomic E-state index is 0.199. The molecule has 0 aliphatic rings. The molecule has 0 saturated carbocycles. The second kappa shape index (κ2) is 8.82. The zero-order valence-corrected chi connectivity index (χ0v) is 17.5. The highest BCUT2D eigenvalue weighted by atomic mass is 16.5. The first-order valence-electron chi connectivity index (χ1n) is 9.74. The number of rotatable bonds is 7. The number of aromatic carboxylic acids is 1. The zero-order valence-electron chi connectivity index (χ0n) is 17.5. The highest BCUT2D eigenvalue weighted by molar-refractivity contribution is 5.98. The number of nitrogens with one attached hydrogen (secondary N) is 1. The van der Waals surface area contributed by atoms with Gasteiger partial charge in [0.25, 0.3) is 5.91 Å². The van der Waals surface area contributed by atoms with E-state index in [0.29, 0.717) is 22.9 Å². The summed E-state index contributed by atoms with van der Waals surface area (Å²) in [4.78, 5) is 24.1. The lowest BCUT2D eigenvalue weighted by Crippen LogP contribution is -2.27. The van der Waals surface area contributed by atoms with Gasteiger partial charge in [-0.3, -0.25) is 4.79 Å². The Balaban J connectivity index is 1.82. The van der Waals surface area contributed by atoms with E-state index in [2.05, 4.69) is 17.3 Å². The molecule has 0 spiro atoms. The number of benzene rings is 2. The Morgan fingerprint density at radius 2 is 1.90 bits per heavy atom. The smallest absolute Gasteiger partial charge is 0.335 e. The van der Waals surface area contributed by atoms with Gasteiger partial charge in [0.15, 0.2) is 0 Å². The average molecular weight is 407 g/mol. The molecule has 156 valence electrons. The van der Waals surface area contributed by atoms with Gasteiger partial charge in [0.05, 0.1) is 17.3 Å². The molecule has 3 aromatic rings. The maximum Gasteiger partial charge on any atom is 0.335 e. The summed E-state index contributed by atoms with van der Waals surface area (Å²) < 4.78 is 7.58. The molecular formula is C23H25N3O4. The Kier molecular flexibility index (Phi) is 6.20. The molecule has 1 atom stereocenters. The van der Waals surface area contributed by atoms with Crippen LogP contribution in [-0.4, -0.2) is 26.8 Å². The Morgan fingerprint density at radius 3 is 2.53 bits per heavy atom. The van der Waals surface area contributed by atoms with Crippen molar-refractivity contribution in [3.05, 3.63) is 76.5 Å². The number of carboxylic acids is 1. The van der Waals surface area contributed by atoms with Crippen molar-refractivity contribution in [1.82, 2.24) is 15.1 Å². The van der Waals surface area contributed by atoms with Crippen LogP contribution < -0.4 is 10.1 Å². The molecule has 0 aliphatic carbocycles. The number of carboxylic acid groups (broad SMARTS) is 1. The van der Waals surface area contributed by atoms with E-state index in [1.807, 2.05) is 31.2 Å². The molecular weight excluding hydrogens is 382 g/mol. The van der Waals surface area contributed by atoms with Crippen LogP contribution in [0.15, 0.2) is 48.5 Å². The molecule has 2 aromatic carbocycles. The third-order valence-corrected chi connectivity index (χ3v) is 4.92. The highest BCUT2D eigenvalue weighted by Gasteiger charge is 2.24. The lowest BCUT2D eigenvalue weighted by molar-refractivity contribution is 0.0696. The van der Waals surface area contributed by atoms with Crippen molar-refractivity contribution >= 4 is 11.9 Å². The zero-order chi connectivity index (χ0) is 21.8. The van der Waals surface area contributed by atoms with E-state index >= 15 is 0 Å². The van der Waals surface area contributed by atoms with Gasteiger partial charge < -0.3 is 15.2 Å². The fourth-order valence-corrected chi connectivity index (χ4v) is 3.22. The first kappa shape index (κ1) is 21.1. The van der Waals surface area contributed by atoms with Crippen molar-refractivity contribution in [2.24, 2.45) is 7.05 Å². The third-order valence-electron chi connectivity index (χ3n) is 4.92. The van der Waals surface area contributed by atoms with Crippen molar-refractivity contribution in [3.8, 4) is 11.6 Å². The van der Waals surface area contributed by atoms with Crippen LogP contribution in [0.25, 0.3) is 0 Å². The van der Waals surface area contributed by atoms with Gasteiger partial charge in [0.1, 0.15) is 11.3 Å². The maximum absolute atomic E-state index is 13.0. The van der Waals surface area contributed by atoms with Crippen LogP contribution in [0, 0.1) is 6.92 Å². The molecule has 0 unspecified atom stereocenters. The van der Waals surface area contributed by atoms with E-state index in [1.54, 1.807) is 30.8 Å². The van der Waals surface area contributed by atoms with Crippen molar-refractivity contribution in [1.29, 1.82) is 0 Å². The molecule has 2 N–H and O–H groups in total. The van der Waals surface area contributed by atoms with Gasteiger partial charge in [-0.05, 0) is 55.7 Å². The molecule has 0 bridgehead atoms. The number of hydrogen-bond donors (Lipinski definition) is 2. The maximum atomic E-state index is 13.0. The summed E-state index contributed by atoms with van der Waals surface area (Å²) in [7, 11) is 1.73. The molecule has 1 aromatic heterocycles. The number of ether oxygens (including phenoxy) is 1. The number of nitrogens with zero attached hydrogens (tertiary/aromatic N) is 2. The minimum Gasteiger partial charge on any atom is -0.478 e. The summed E-state index contributed by atoms with van der Waals surface area (Å²) in [6.07, 6.45) is 0.882. The first-order valence-corrected chi connectivity index (χ1v) is 9.74. The van der Waals surface area contributed by atoms with Gasteiger partial charge >= 0.3 is 5.97 Å². The normalized spacial score (nSPS) is 11.7. The Labute approximate surface area is 175 Å². The van der Waals surface area contributed by atoms with Gasteiger partial charge in [-0.25, -0.2) is 9.48 Å². The van der Waals surface area contributed by atoms with Crippen LogP contribution in [0.2, 0.25) is 0 Å². The van der Waals surface area contributed by atoms with E-state index in [-0.39, 0.29) is 17.5 Å². The molecule has 0 fully saturated rings. The van der Waals surface area contributed by atoms with E-state index < -0.39 is 5.97 Å². The quantitative estimate of drug-likeness (QED) is 0.610. The van der Waals surface area contributed by atoms with Crippen molar-refractivity contribution in [2.75, 3.05) is 0 Å². The van der Waals surface area contributed by atoms with Crippen molar-refractivity contribution < 1.29 is 19.4 Å². The molecule has 7 nitrogen and oxygen atoms in total. The highest BCUT2D eigenvalue weighted by Crippen LogP contribution is 2.28. The van der Waals surface area contributed by atoms with Gasteiger partial charge in [-0.1, -0.05) is 31.2 Å². The molecule has 0 aliphatic heterocycles. The van der Waals surface area contributed by atoms with Crippen LogP contribution in [0.4, 0.5) is 0 Å². The monoisotopic (exact) mass is 407 g/mol. The number of carbonyl (C=O) groups is 2. The number of amides is 1. The van der Waals surface area contributed by atoms with Crippen molar-refractivity contribution in [2.45, 2.75) is 33.2 Å². The third kappa shape index (κ3) is 4.51. The van der Waals surface area contributed by atoms with E-state index in [9.17, 15) is 9.59 Å². The number of carbonyl (C=O) groups excluding carboxylic acids is 1. The second-order valence-electron chi connectivity index (χ2n) is 7.11. The SMILES string of the molecule is CCc1cccc(Oc2c(C(=O)N[C@@H](C)c3ccc(C(=O)O)cc3)c(C)nn2C)c1. The standard InChI is InChI=1S/C23H25N3O4/c1-5-16-7-6-8-19(13-16)30-22-20(15(3)25-26(22)4)21(27)24-14(2)17-9-11-18(12-10-17)23(28)29/h6-14H,5H2,1-4H3,(H,24,27)(H,28,29)/t14-/m0/s1. The lowest BCUT2D eigenvalue weighted by Gasteiger charge is -2.15. The predicted octanol–water partition coefficient (Wildman–Crippen LogP) is 4.27. The minimum atomic E-state index is -0.988. The Bertz CT molecular complexity index is 1070. The number of aromatic nitrogens is 2. The van der Waals surface area contributed by atoms with Gasteiger partial charge in [0, 0.05) is 7.05 Å². The van der Waals surface area contributed by atoms with Gasteiger partial charge in [-0.15, -0.1) is 0 Å². The molecule has 3 rings (SSSR count). The first-order chi connectivity index (χ1) is 14.3. The fraction of sp³-hybridized carbons (Fsp3) is 0.261. The second-order valence-corrected chi connectivity index (χ2v) is 7.11. The summed E-state index contributed by atoms with van der Waals surface area (Å²) in [6, 6.07) is 13.8. The van der Waals surface area contributed by atoms with Crippen LogP contribution in [0.5, 0.6) is 11.6 Å². The largest absolute Gasteiger partial charge is 0.478 e. The molecule has 30 heavy (non-hydrogen) atoms. The number of hydrogen-bond acceptors (Lipinski definition) is 4. The van der Waals surface area contributed by atoms with E-state index in [4.69, 9.17) is 9.84 Å². The predicted molar refractivity (Wildman–Crippen MR) is 113 cm³/mol. The average Bonchev–Trinajstić information content (AvgIpc) is 3.01. The summed E-state index contributed by atoms with van der Waals surface area (Å²) in [5.74, 6) is -0.286. The Hall–Kier alpha value is -3.61. The van der Waals surface area contributed by atoms with Crippen molar-refractivity contribution in [3.63, 3.8) is 0 Å². The summed E-state index contributed by atoms with van der Waals surface area (Å²) in [5, 5.41) is 16.3. The molecule has 1 amide bonds. The van der Waals surface area contributed by atoms with Crippen LogP contribution in [-0.2, 0) is 13.5 Å². The Morgan fingerprint density at radius 1 is 1.20 bits per heavy atom. The van der Waals surface area contributed by atoms with Gasteiger partial charge in [-0.2, -0.15) is 5.10 Å². The molecule has 7 heteroatoms. The topological polar surface area (TPSA) is 93.4 Å². The van der Waals surface area contributed by atoms with E-state index in [0.717, 1.165) is 17.5 Å². The summed E-state index contributed by atoms with van der Waals surface area (Å²) >= 11 is 0. The lowest BCUT2D eigenvalue weighted by atomic mass is 10.1. The summed E-state index contributed by atoms with van der Waals surface area (Å²) in [6.45, 7) is 5.66. The molecule has 1 heterocycles. The molecule has 0 saturated heterocycles.